The Balaban J connectivity index is 1.29. The summed E-state index contributed by atoms with van der Waals surface area (Å²) in [4.78, 5) is 40.5. The molecular weight excluding hydrogens is 410 g/mol. The fraction of sp³-hybridized carbons (Fsp3) is 0.421. The molecule has 1 N–H and O–H groups in total. The molecule has 1 aromatic heterocycles. The molecule has 152 valence electrons. The molecule has 0 radical (unpaired) electrons. The first-order chi connectivity index (χ1) is 14.1. The zero-order chi connectivity index (χ0) is 20.2. The number of aromatic nitrogens is 2. The second-order valence-corrected chi connectivity index (χ2v) is 9.18. The summed E-state index contributed by atoms with van der Waals surface area (Å²) in [6.07, 6.45) is 2.30. The van der Waals surface area contributed by atoms with Crippen molar-refractivity contribution in [2.45, 2.75) is 23.6 Å². The number of carbonyl (C=O) groups excluding carboxylic acids is 3. The third-order valence-electron chi connectivity index (χ3n) is 4.98. The summed E-state index contributed by atoms with van der Waals surface area (Å²) in [7, 11) is 0. The molecule has 0 spiro atoms. The first-order valence-electron chi connectivity index (χ1n) is 9.50. The van der Waals surface area contributed by atoms with Crippen LogP contribution in [0.5, 0.6) is 0 Å². The Hall–Kier alpha value is -2.46. The molecule has 2 aromatic rings. The van der Waals surface area contributed by atoms with Crippen LogP contribution in [0.15, 0.2) is 34.7 Å². The van der Waals surface area contributed by atoms with E-state index in [-0.39, 0.29) is 24.1 Å². The minimum atomic E-state index is -0.431. The van der Waals surface area contributed by atoms with Gasteiger partial charge in [-0.3, -0.25) is 14.4 Å². The van der Waals surface area contributed by atoms with Crippen molar-refractivity contribution >= 4 is 51.6 Å². The predicted molar refractivity (Wildman–Crippen MR) is 112 cm³/mol. The fourth-order valence-electron chi connectivity index (χ4n) is 3.45. The molecule has 1 aromatic carbocycles. The van der Waals surface area contributed by atoms with Crippen molar-refractivity contribution in [3.8, 4) is 0 Å². The number of carbonyl (C=O) groups is 3. The number of rotatable bonds is 6. The van der Waals surface area contributed by atoms with Crippen LogP contribution in [0.1, 0.15) is 19.3 Å². The van der Waals surface area contributed by atoms with Crippen molar-refractivity contribution in [2.24, 2.45) is 5.92 Å². The highest BCUT2D eigenvalue weighted by molar-refractivity contribution is 8.01. The van der Waals surface area contributed by atoms with Gasteiger partial charge in [-0.05, 0) is 25.0 Å². The second kappa shape index (κ2) is 8.91. The van der Waals surface area contributed by atoms with Crippen molar-refractivity contribution in [2.75, 3.05) is 35.6 Å². The molecule has 0 unspecified atom stereocenters. The molecule has 0 aliphatic carbocycles. The summed E-state index contributed by atoms with van der Waals surface area (Å²) in [6.45, 7) is 2.01. The number of para-hydroxylation sites is 1. The Labute approximate surface area is 176 Å². The molecule has 2 aliphatic rings. The van der Waals surface area contributed by atoms with Gasteiger partial charge >= 0.3 is 0 Å². The lowest BCUT2D eigenvalue weighted by molar-refractivity contribution is -0.127. The Bertz CT molecular complexity index is 898. The molecule has 0 bridgehead atoms. The van der Waals surface area contributed by atoms with Crippen LogP contribution in [0.2, 0.25) is 0 Å². The summed E-state index contributed by atoms with van der Waals surface area (Å²) >= 11 is 2.58. The Morgan fingerprint density at radius 3 is 2.69 bits per heavy atom. The number of amides is 3. The molecule has 3 amide bonds. The Kier molecular flexibility index (Phi) is 6.10. The summed E-state index contributed by atoms with van der Waals surface area (Å²) in [5, 5.41) is 11.2. The normalized spacial score (nSPS) is 19.0. The maximum Gasteiger partial charge on any atom is 0.233 e. The van der Waals surface area contributed by atoms with E-state index in [1.807, 2.05) is 35.2 Å². The topological polar surface area (TPSA) is 95.5 Å². The van der Waals surface area contributed by atoms with Crippen molar-refractivity contribution < 1.29 is 14.4 Å². The monoisotopic (exact) mass is 431 g/mol. The molecule has 8 nitrogen and oxygen atoms in total. The molecule has 10 heteroatoms. The van der Waals surface area contributed by atoms with Crippen molar-refractivity contribution in [1.29, 1.82) is 0 Å². The highest BCUT2D eigenvalue weighted by atomic mass is 32.2. The molecule has 2 saturated heterocycles. The van der Waals surface area contributed by atoms with Gasteiger partial charge in [-0.25, -0.2) is 0 Å². The fourth-order valence-corrected chi connectivity index (χ4v) is 5.11. The van der Waals surface area contributed by atoms with Gasteiger partial charge in [0.25, 0.3) is 0 Å². The number of likely N-dealkylation sites (tertiary alicyclic amines) is 1. The molecule has 2 aliphatic heterocycles. The van der Waals surface area contributed by atoms with E-state index in [0.717, 1.165) is 31.6 Å². The minimum absolute atomic E-state index is 0.0646. The van der Waals surface area contributed by atoms with Crippen molar-refractivity contribution in [3.05, 3.63) is 30.3 Å². The van der Waals surface area contributed by atoms with E-state index in [0.29, 0.717) is 21.8 Å². The van der Waals surface area contributed by atoms with E-state index in [9.17, 15) is 14.4 Å². The Morgan fingerprint density at radius 1 is 1.17 bits per heavy atom. The van der Waals surface area contributed by atoms with Gasteiger partial charge < -0.3 is 15.1 Å². The second-order valence-electron chi connectivity index (χ2n) is 6.98. The highest BCUT2D eigenvalue weighted by Crippen LogP contribution is 2.29. The van der Waals surface area contributed by atoms with E-state index in [2.05, 4.69) is 15.5 Å². The van der Waals surface area contributed by atoms with Crippen LogP contribution in [0.4, 0.5) is 10.8 Å². The largest absolute Gasteiger partial charge is 0.342 e. The van der Waals surface area contributed by atoms with E-state index in [4.69, 9.17) is 0 Å². The van der Waals surface area contributed by atoms with E-state index in [1.165, 1.54) is 23.1 Å². The van der Waals surface area contributed by atoms with Gasteiger partial charge in [-0.2, -0.15) is 0 Å². The zero-order valence-electron chi connectivity index (χ0n) is 15.7. The number of hydrogen-bond donors (Lipinski definition) is 1. The van der Waals surface area contributed by atoms with E-state index in [1.54, 1.807) is 4.90 Å². The van der Waals surface area contributed by atoms with E-state index < -0.39 is 5.92 Å². The van der Waals surface area contributed by atoms with Crippen LogP contribution in [0, 0.1) is 5.92 Å². The molecule has 1 atom stereocenters. The van der Waals surface area contributed by atoms with Gasteiger partial charge in [-0.1, -0.05) is 41.3 Å². The average molecular weight is 432 g/mol. The molecular formula is C19H21N5O3S2. The standard InChI is InChI=1S/C19H21N5O3S2/c25-15-10-13(11-24(15)14-6-2-1-3-7-14)17(27)20-18-21-22-19(29-18)28-12-16(26)23-8-4-5-9-23/h1-3,6-7,13H,4-5,8-12H2,(H,20,21,27)/t13-/m1/s1. The smallest absolute Gasteiger partial charge is 0.233 e. The van der Waals surface area contributed by atoms with Gasteiger partial charge in [0.15, 0.2) is 4.34 Å². The van der Waals surface area contributed by atoms with Crippen LogP contribution >= 0.6 is 23.1 Å². The minimum Gasteiger partial charge on any atom is -0.342 e. The average Bonchev–Trinajstić information content (AvgIpc) is 3.48. The maximum absolute atomic E-state index is 12.6. The Morgan fingerprint density at radius 2 is 1.93 bits per heavy atom. The quantitative estimate of drug-likeness (QED) is 0.557. The van der Waals surface area contributed by atoms with Crippen LogP contribution in [-0.2, 0) is 14.4 Å². The van der Waals surface area contributed by atoms with Gasteiger partial charge in [0, 0.05) is 31.7 Å². The zero-order valence-corrected chi connectivity index (χ0v) is 17.4. The number of hydrogen-bond acceptors (Lipinski definition) is 7. The molecule has 0 saturated carbocycles. The third kappa shape index (κ3) is 4.76. The highest BCUT2D eigenvalue weighted by Gasteiger charge is 2.35. The SMILES string of the molecule is O=C(Nc1nnc(SCC(=O)N2CCCC2)s1)[C@@H]1CC(=O)N(c2ccccc2)C1. The summed E-state index contributed by atoms with van der Waals surface area (Å²) in [5.41, 5.74) is 0.796. The summed E-state index contributed by atoms with van der Waals surface area (Å²) in [6, 6.07) is 9.33. The molecule has 29 heavy (non-hydrogen) atoms. The van der Waals surface area contributed by atoms with Crippen LogP contribution < -0.4 is 10.2 Å². The lowest BCUT2D eigenvalue weighted by atomic mass is 10.1. The van der Waals surface area contributed by atoms with Crippen molar-refractivity contribution in [3.63, 3.8) is 0 Å². The summed E-state index contributed by atoms with van der Waals surface area (Å²) in [5.74, 6) is -0.299. The third-order valence-corrected chi connectivity index (χ3v) is 6.93. The number of benzene rings is 1. The predicted octanol–water partition coefficient (Wildman–Crippen LogP) is 2.24. The van der Waals surface area contributed by atoms with Gasteiger partial charge in [0.05, 0.1) is 11.7 Å². The maximum atomic E-state index is 12.6. The van der Waals surface area contributed by atoms with Crippen molar-refractivity contribution in [1.82, 2.24) is 15.1 Å². The first kappa shape index (κ1) is 19.8. The number of nitrogens with one attached hydrogen (secondary N) is 1. The number of anilines is 2. The van der Waals surface area contributed by atoms with Gasteiger partial charge in [0.1, 0.15) is 0 Å². The van der Waals surface area contributed by atoms with Gasteiger partial charge in [-0.15, -0.1) is 10.2 Å². The number of nitrogens with zero attached hydrogens (tertiary/aromatic N) is 4. The lowest BCUT2D eigenvalue weighted by Gasteiger charge is -2.16. The van der Waals surface area contributed by atoms with Crippen LogP contribution in [-0.4, -0.2) is 58.2 Å². The molecule has 2 fully saturated rings. The van der Waals surface area contributed by atoms with Crippen LogP contribution in [0.3, 0.4) is 0 Å². The summed E-state index contributed by atoms with van der Waals surface area (Å²) < 4.78 is 0.640. The molecule has 3 heterocycles. The molecule has 4 rings (SSSR count). The number of thioether (sulfide) groups is 1. The lowest BCUT2D eigenvalue weighted by Crippen LogP contribution is -2.29. The van der Waals surface area contributed by atoms with Gasteiger partial charge in [0.2, 0.25) is 22.9 Å². The van der Waals surface area contributed by atoms with E-state index >= 15 is 0 Å². The van der Waals surface area contributed by atoms with Crippen LogP contribution in [0.25, 0.3) is 0 Å². The first-order valence-corrected chi connectivity index (χ1v) is 11.3.